The van der Waals surface area contributed by atoms with Crippen LogP contribution in [-0.4, -0.2) is 46.4 Å². The van der Waals surface area contributed by atoms with Gasteiger partial charge in [0.1, 0.15) is 6.04 Å². The van der Waals surface area contributed by atoms with E-state index < -0.39 is 30.4 Å². The molecule has 7 heteroatoms. The molecule has 1 saturated carbocycles. The smallest absolute Gasteiger partial charge is 0.413 e. The highest BCUT2D eigenvalue weighted by atomic mass is 16.7. The first-order valence-electron chi connectivity index (χ1n) is 9.14. The number of esters is 1. The van der Waals surface area contributed by atoms with Gasteiger partial charge in [0.2, 0.25) is 0 Å². The molecule has 0 aromatic carbocycles. The zero-order valence-electron chi connectivity index (χ0n) is 15.4. The number of rotatable bonds is 5. The van der Waals surface area contributed by atoms with E-state index in [4.69, 9.17) is 9.47 Å². The molecule has 0 aromatic heterocycles. The number of nitrogens with zero attached hydrogens (tertiary/aromatic N) is 1. The third-order valence-electron chi connectivity index (χ3n) is 5.05. The monoisotopic (exact) mass is 355 g/mol. The predicted octanol–water partition coefficient (Wildman–Crippen LogP) is 3.02. The second-order valence-corrected chi connectivity index (χ2v) is 7.70. The molecular weight excluding hydrogens is 326 g/mol. The van der Waals surface area contributed by atoms with Crippen LogP contribution in [-0.2, 0) is 19.1 Å². The first-order chi connectivity index (χ1) is 11.7. The highest BCUT2D eigenvalue weighted by molar-refractivity contribution is 5.81. The molecule has 1 heterocycles. The van der Waals surface area contributed by atoms with Crippen molar-refractivity contribution in [2.24, 2.45) is 17.8 Å². The second-order valence-electron chi connectivity index (χ2n) is 7.70. The van der Waals surface area contributed by atoms with Crippen molar-refractivity contribution in [2.75, 3.05) is 0 Å². The molecule has 1 aliphatic heterocycles. The van der Waals surface area contributed by atoms with Gasteiger partial charge in [0.05, 0.1) is 5.92 Å². The van der Waals surface area contributed by atoms with E-state index in [-0.39, 0.29) is 23.8 Å². The van der Waals surface area contributed by atoms with Gasteiger partial charge in [0.15, 0.2) is 0 Å². The van der Waals surface area contributed by atoms with Crippen LogP contribution in [0.25, 0.3) is 0 Å². The highest BCUT2D eigenvalue weighted by Gasteiger charge is 2.49. The third-order valence-corrected chi connectivity index (χ3v) is 5.05. The third kappa shape index (κ3) is 4.44. The van der Waals surface area contributed by atoms with Gasteiger partial charge in [-0.25, -0.2) is 9.59 Å². The summed E-state index contributed by atoms with van der Waals surface area (Å²) < 4.78 is 10.7. The predicted molar refractivity (Wildman–Crippen MR) is 89.7 cm³/mol. The van der Waals surface area contributed by atoms with Gasteiger partial charge >= 0.3 is 18.0 Å². The molecule has 1 N–H and O–H groups in total. The number of carbonyl (C=O) groups is 3. The van der Waals surface area contributed by atoms with Crippen LogP contribution in [0.4, 0.5) is 4.79 Å². The first-order valence-corrected chi connectivity index (χ1v) is 9.14. The molecule has 0 aromatic rings. The summed E-state index contributed by atoms with van der Waals surface area (Å²) in [6.45, 7) is 6.98. The summed E-state index contributed by atoms with van der Waals surface area (Å²) >= 11 is 0. The zero-order chi connectivity index (χ0) is 18.7. The number of hydrogen-bond donors (Lipinski definition) is 1. The van der Waals surface area contributed by atoms with Crippen LogP contribution < -0.4 is 0 Å². The molecule has 0 bridgehead atoms. The van der Waals surface area contributed by atoms with Gasteiger partial charge in [0.25, 0.3) is 6.29 Å². The number of fused-ring (bicyclic) bond motifs is 1. The van der Waals surface area contributed by atoms with E-state index in [0.717, 1.165) is 25.7 Å². The van der Waals surface area contributed by atoms with Crippen LogP contribution >= 0.6 is 0 Å². The molecule has 0 spiro atoms. The Kier molecular flexibility index (Phi) is 6.30. The zero-order valence-corrected chi connectivity index (χ0v) is 15.4. The lowest BCUT2D eigenvalue weighted by molar-refractivity contribution is -0.181. The molecule has 7 nitrogen and oxygen atoms in total. The Bertz CT molecular complexity index is 518. The maximum absolute atomic E-state index is 12.7. The van der Waals surface area contributed by atoms with Crippen LogP contribution in [0, 0.1) is 17.8 Å². The molecule has 142 valence electrons. The van der Waals surface area contributed by atoms with Crippen LogP contribution in [0.2, 0.25) is 0 Å². The Morgan fingerprint density at radius 2 is 1.68 bits per heavy atom. The lowest BCUT2D eigenvalue weighted by Crippen LogP contribution is -2.48. The van der Waals surface area contributed by atoms with Crippen LogP contribution in [0.5, 0.6) is 0 Å². The number of carboxylic acids is 1. The number of aliphatic carboxylic acids is 1. The average Bonchev–Trinajstić information content (AvgIpc) is 2.93. The highest BCUT2D eigenvalue weighted by Crippen LogP contribution is 2.40. The van der Waals surface area contributed by atoms with Crippen molar-refractivity contribution in [1.29, 1.82) is 0 Å². The van der Waals surface area contributed by atoms with Crippen molar-refractivity contribution in [3.8, 4) is 0 Å². The maximum Gasteiger partial charge on any atom is 0.413 e. The quantitative estimate of drug-likeness (QED) is 0.602. The van der Waals surface area contributed by atoms with E-state index in [9.17, 15) is 19.5 Å². The largest absolute Gasteiger partial charge is 0.480 e. The normalized spacial score (nSPS) is 27.1. The first kappa shape index (κ1) is 19.5. The van der Waals surface area contributed by atoms with Gasteiger partial charge in [0, 0.05) is 12.0 Å². The summed E-state index contributed by atoms with van der Waals surface area (Å²) in [5.41, 5.74) is 0. The van der Waals surface area contributed by atoms with Crippen LogP contribution in [0.15, 0.2) is 0 Å². The SMILES string of the molecule is CC(C)C(=O)O[C@@H](OC(=O)N1[C@H](C(=O)O)C[C@@H]2CCCC[C@@H]21)C(C)C. The fourth-order valence-corrected chi connectivity index (χ4v) is 3.65. The lowest BCUT2D eigenvalue weighted by atomic mass is 9.85. The van der Waals surface area contributed by atoms with Gasteiger partial charge in [-0.05, 0) is 25.2 Å². The fourth-order valence-electron chi connectivity index (χ4n) is 3.65. The molecule has 0 radical (unpaired) electrons. The van der Waals surface area contributed by atoms with Crippen molar-refractivity contribution in [2.45, 2.75) is 78.2 Å². The molecule has 2 aliphatic rings. The molecular formula is C18H29NO6. The molecule has 2 rings (SSSR count). The molecule has 25 heavy (non-hydrogen) atoms. The summed E-state index contributed by atoms with van der Waals surface area (Å²) in [5, 5.41) is 9.51. The summed E-state index contributed by atoms with van der Waals surface area (Å²) in [5.74, 6) is -1.80. The van der Waals surface area contributed by atoms with Gasteiger partial charge in [-0.15, -0.1) is 0 Å². The van der Waals surface area contributed by atoms with Crippen molar-refractivity contribution >= 4 is 18.0 Å². The maximum atomic E-state index is 12.7. The lowest BCUT2D eigenvalue weighted by Gasteiger charge is -2.33. The Balaban J connectivity index is 2.12. The minimum atomic E-state index is -1.01. The summed E-state index contributed by atoms with van der Waals surface area (Å²) in [6.07, 6.45) is 2.53. The topological polar surface area (TPSA) is 93.1 Å². The van der Waals surface area contributed by atoms with E-state index in [1.807, 2.05) is 0 Å². The molecule has 1 amide bonds. The van der Waals surface area contributed by atoms with Crippen molar-refractivity contribution < 1.29 is 29.0 Å². The molecule has 1 saturated heterocycles. The van der Waals surface area contributed by atoms with E-state index in [1.165, 1.54) is 4.90 Å². The molecule has 1 aliphatic carbocycles. The minimum Gasteiger partial charge on any atom is -0.480 e. The summed E-state index contributed by atoms with van der Waals surface area (Å²) in [6, 6.07) is -0.967. The van der Waals surface area contributed by atoms with Crippen molar-refractivity contribution in [3.05, 3.63) is 0 Å². The van der Waals surface area contributed by atoms with Crippen LogP contribution in [0.3, 0.4) is 0 Å². The Hall–Kier alpha value is -1.79. The van der Waals surface area contributed by atoms with Gasteiger partial charge in [-0.2, -0.15) is 0 Å². The summed E-state index contributed by atoms with van der Waals surface area (Å²) in [7, 11) is 0. The molecule has 4 atom stereocenters. The second kappa shape index (κ2) is 8.06. The van der Waals surface area contributed by atoms with E-state index >= 15 is 0 Å². The van der Waals surface area contributed by atoms with Gasteiger partial charge in [-0.3, -0.25) is 9.69 Å². The molecule has 0 unspecified atom stereocenters. The number of amides is 1. The van der Waals surface area contributed by atoms with E-state index in [2.05, 4.69) is 0 Å². The Morgan fingerprint density at radius 3 is 2.24 bits per heavy atom. The number of carbonyl (C=O) groups excluding carboxylic acids is 2. The average molecular weight is 355 g/mol. The van der Waals surface area contributed by atoms with Crippen molar-refractivity contribution in [3.63, 3.8) is 0 Å². The fraction of sp³-hybridized carbons (Fsp3) is 0.833. The summed E-state index contributed by atoms with van der Waals surface area (Å²) in [4.78, 5) is 37.5. The van der Waals surface area contributed by atoms with Crippen LogP contribution in [0.1, 0.15) is 59.8 Å². The number of hydrogen-bond acceptors (Lipinski definition) is 5. The van der Waals surface area contributed by atoms with Gasteiger partial charge in [-0.1, -0.05) is 40.5 Å². The van der Waals surface area contributed by atoms with Gasteiger partial charge < -0.3 is 14.6 Å². The van der Waals surface area contributed by atoms with E-state index in [1.54, 1.807) is 27.7 Å². The number of likely N-dealkylation sites (tertiary alicyclic amines) is 1. The standard InChI is InChI=1S/C18H29NO6/c1-10(2)16(22)24-17(11(3)4)25-18(23)19-13-8-6-5-7-12(13)9-14(19)15(20)21/h10-14,17H,5-9H2,1-4H3,(H,20,21)/t12-,13-,14-,17-/m0/s1. The minimum absolute atomic E-state index is 0.101. The Morgan fingerprint density at radius 1 is 1.04 bits per heavy atom. The van der Waals surface area contributed by atoms with Crippen molar-refractivity contribution in [1.82, 2.24) is 4.90 Å². The van der Waals surface area contributed by atoms with E-state index in [0.29, 0.717) is 6.42 Å². The Labute approximate surface area is 148 Å². The molecule has 2 fully saturated rings. The number of carboxylic acid groups (broad SMARTS) is 1. The number of ether oxygens (including phenoxy) is 2.